The second kappa shape index (κ2) is 7.92. The van der Waals surface area contributed by atoms with Gasteiger partial charge in [0.1, 0.15) is 5.65 Å². The molecule has 3 aromatic rings. The Hall–Kier alpha value is -2.66. The van der Waals surface area contributed by atoms with E-state index in [0.717, 1.165) is 44.1 Å². The summed E-state index contributed by atoms with van der Waals surface area (Å²) in [5.74, 6) is 0.238. The van der Waals surface area contributed by atoms with Gasteiger partial charge in [-0.05, 0) is 31.0 Å². The lowest BCUT2D eigenvalue weighted by atomic mass is 10.1. The van der Waals surface area contributed by atoms with Crippen LogP contribution in [0.3, 0.4) is 0 Å². The molecule has 0 saturated carbocycles. The molecule has 1 amide bonds. The lowest BCUT2D eigenvalue weighted by Gasteiger charge is -2.34. The molecule has 0 spiro atoms. The molecule has 0 bridgehead atoms. The SMILES string of the molecule is Cc1cccc(CN2CCN(C(=O)CCc3cn4ccccc4n3)CC2)c1. The Morgan fingerprint density at radius 3 is 2.70 bits per heavy atom. The highest BCUT2D eigenvalue weighted by molar-refractivity contribution is 5.76. The maximum absolute atomic E-state index is 12.6. The molecule has 0 atom stereocenters. The van der Waals surface area contributed by atoms with Gasteiger partial charge in [0.15, 0.2) is 0 Å². The molecular formula is C22H26N4O. The first-order chi connectivity index (χ1) is 13.2. The van der Waals surface area contributed by atoms with Crippen LogP contribution in [0, 0.1) is 6.92 Å². The molecule has 0 aliphatic carbocycles. The maximum Gasteiger partial charge on any atom is 0.223 e. The second-order valence-electron chi connectivity index (χ2n) is 7.34. The molecule has 3 heterocycles. The van der Waals surface area contributed by atoms with Gasteiger partial charge in [0.05, 0.1) is 5.69 Å². The Labute approximate surface area is 160 Å². The number of benzene rings is 1. The highest BCUT2D eigenvalue weighted by Crippen LogP contribution is 2.12. The van der Waals surface area contributed by atoms with Gasteiger partial charge in [-0.2, -0.15) is 0 Å². The lowest BCUT2D eigenvalue weighted by Crippen LogP contribution is -2.48. The van der Waals surface area contributed by atoms with Gasteiger partial charge in [0.25, 0.3) is 0 Å². The molecule has 0 unspecified atom stereocenters. The van der Waals surface area contributed by atoms with Crippen LogP contribution in [-0.4, -0.2) is 51.3 Å². The average molecular weight is 362 g/mol. The fourth-order valence-electron chi connectivity index (χ4n) is 3.72. The fourth-order valence-corrected chi connectivity index (χ4v) is 3.72. The summed E-state index contributed by atoms with van der Waals surface area (Å²) in [5.41, 5.74) is 4.56. The molecule has 4 rings (SSSR count). The van der Waals surface area contributed by atoms with Crippen molar-refractivity contribution in [2.24, 2.45) is 0 Å². The smallest absolute Gasteiger partial charge is 0.223 e. The number of carbonyl (C=O) groups is 1. The van der Waals surface area contributed by atoms with Crippen molar-refractivity contribution in [1.82, 2.24) is 19.2 Å². The van der Waals surface area contributed by atoms with Crippen LogP contribution in [-0.2, 0) is 17.8 Å². The minimum atomic E-state index is 0.238. The van der Waals surface area contributed by atoms with E-state index in [2.05, 4.69) is 41.1 Å². The van der Waals surface area contributed by atoms with Gasteiger partial charge in [0, 0.05) is 51.5 Å². The summed E-state index contributed by atoms with van der Waals surface area (Å²) < 4.78 is 2.00. The Morgan fingerprint density at radius 1 is 1.07 bits per heavy atom. The number of pyridine rings is 1. The number of nitrogens with zero attached hydrogens (tertiary/aromatic N) is 4. The first kappa shape index (κ1) is 17.7. The molecule has 1 saturated heterocycles. The first-order valence-electron chi connectivity index (χ1n) is 9.66. The standard InChI is InChI=1S/C22H26N4O/c1-18-5-4-6-19(15-18)16-24-11-13-25(14-12-24)22(27)9-8-20-17-26-10-3-2-7-21(26)23-20/h2-7,10,15,17H,8-9,11-14,16H2,1H3. The van der Waals surface area contributed by atoms with Crippen molar-refractivity contribution >= 4 is 11.6 Å². The lowest BCUT2D eigenvalue weighted by molar-refractivity contribution is -0.133. The van der Waals surface area contributed by atoms with Crippen LogP contribution in [0.2, 0.25) is 0 Å². The third-order valence-corrected chi connectivity index (χ3v) is 5.22. The first-order valence-corrected chi connectivity index (χ1v) is 9.66. The predicted molar refractivity (Wildman–Crippen MR) is 107 cm³/mol. The molecule has 1 fully saturated rings. The molecular weight excluding hydrogens is 336 g/mol. The zero-order valence-corrected chi connectivity index (χ0v) is 15.8. The summed E-state index contributed by atoms with van der Waals surface area (Å²) in [5, 5.41) is 0. The summed E-state index contributed by atoms with van der Waals surface area (Å²) in [4.78, 5) is 21.6. The molecule has 1 aliphatic heterocycles. The van der Waals surface area contributed by atoms with Crippen LogP contribution in [0.5, 0.6) is 0 Å². The molecule has 140 valence electrons. The quantitative estimate of drug-likeness (QED) is 0.701. The van der Waals surface area contributed by atoms with Gasteiger partial charge in [-0.15, -0.1) is 0 Å². The van der Waals surface area contributed by atoms with E-state index in [1.165, 1.54) is 11.1 Å². The van der Waals surface area contributed by atoms with Crippen LogP contribution in [0.15, 0.2) is 54.9 Å². The zero-order valence-electron chi connectivity index (χ0n) is 15.8. The number of imidazole rings is 1. The predicted octanol–water partition coefficient (Wildman–Crippen LogP) is 2.92. The van der Waals surface area contributed by atoms with Crippen molar-refractivity contribution in [2.75, 3.05) is 26.2 Å². The Balaban J connectivity index is 1.25. The Kier molecular flexibility index (Phi) is 5.21. The number of amides is 1. The van der Waals surface area contributed by atoms with Crippen LogP contribution in [0.1, 0.15) is 23.2 Å². The van der Waals surface area contributed by atoms with E-state index in [-0.39, 0.29) is 5.91 Å². The number of hydrogen-bond donors (Lipinski definition) is 0. The molecule has 27 heavy (non-hydrogen) atoms. The van der Waals surface area contributed by atoms with Gasteiger partial charge in [-0.25, -0.2) is 4.98 Å². The minimum absolute atomic E-state index is 0.238. The van der Waals surface area contributed by atoms with Gasteiger partial charge < -0.3 is 9.30 Å². The van der Waals surface area contributed by atoms with Crippen molar-refractivity contribution in [3.8, 4) is 0 Å². The van der Waals surface area contributed by atoms with Crippen molar-refractivity contribution < 1.29 is 4.79 Å². The molecule has 1 aliphatic rings. The normalized spacial score (nSPS) is 15.4. The Bertz CT molecular complexity index is 892. The third kappa shape index (κ3) is 4.37. The minimum Gasteiger partial charge on any atom is -0.340 e. The van der Waals surface area contributed by atoms with Gasteiger partial charge in [-0.1, -0.05) is 35.9 Å². The maximum atomic E-state index is 12.6. The van der Waals surface area contributed by atoms with E-state index >= 15 is 0 Å². The van der Waals surface area contributed by atoms with E-state index in [1.54, 1.807) is 0 Å². The highest BCUT2D eigenvalue weighted by atomic mass is 16.2. The zero-order chi connectivity index (χ0) is 18.6. The van der Waals surface area contributed by atoms with Crippen LogP contribution in [0.4, 0.5) is 0 Å². The van der Waals surface area contributed by atoms with E-state index in [0.29, 0.717) is 12.8 Å². The summed E-state index contributed by atoms with van der Waals surface area (Å²) >= 11 is 0. The summed E-state index contributed by atoms with van der Waals surface area (Å²) in [6, 6.07) is 14.6. The van der Waals surface area contributed by atoms with Crippen molar-refractivity contribution in [3.63, 3.8) is 0 Å². The fraction of sp³-hybridized carbons (Fsp3) is 0.364. The summed E-state index contributed by atoms with van der Waals surface area (Å²) in [6.45, 7) is 6.60. The number of hydrogen-bond acceptors (Lipinski definition) is 3. The molecule has 1 aromatic carbocycles. The van der Waals surface area contributed by atoms with Crippen LogP contribution < -0.4 is 0 Å². The molecule has 5 heteroatoms. The molecule has 0 N–H and O–H groups in total. The van der Waals surface area contributed by atoms with E-state index in [9.17, 15) is 4.79 Å². The van der Waals surface area contributed by atoms with Crippen LogP contribution >= 0.6 is 0 Å². The number of fused-ring (bicyclic) bond motifs is 1. The Morgan fingerprint density at radius 2 is 1.93 bits per heavy atom. The van der Waals surface area contributed by atoms with Gasteiger partial charge in [-0.3, -0.25) is 9.69 Å². The van der Waals surface area contributed by atoms with Gasteiger partial charge in [0.2, 0.25) is 5.91 Å². The third-order valence-electron chi connectivity index (χ3n) is 5.22. The number of rotatable bonds is 5. The second-order valence-corrected chi connectivity index (χ2v) is 7.34. The molecule has 2 aromatic heterocycles. The van der Waals surface area contributed by atoms with Gasteiger partial charge >= 0.3 is 0 Å². The van der Waals surface area contributed by atoms with E-state index < -0.39 is 0 Å². The topological polar surface area (TPSA) is 40.9 Å². The van der Waals surface area contributed by atoms with E-state index in [1.807, 2.05) is 39.9 Å². The van der Waals surface area contributed by atoms with Crippen molar-refractivity contribution in [1.29, 1.82) is 0 Å². The van der Waals surface area contributed by atoms with Crippen molar-refractivity contribution in [3.05, 3.63) is 71.7 Å². The van der Waals surface area contributed by atoms with Crippen molar-refractivity contribution in [2.45, 2.75) is 26.3 Å². The molecule has 5 nitrogen and oxygen atoms in total. The molecule has 0 radical (unpaired) electrons. The highest BCUT2D eigenvalue weighted by Gasteiger charge is 2.21. The largest absolute Gasteiger partial charge is 0.340 e. The average Bonchev–Trinajstić information content (AvgIpc) is 3.10. The van der Waals surface area contributed by atoms with Crippen LogP contribution in [0.25, 0.3) is 5.65 Å². The number of aryl methyl sites for hydroxylation is 2. The number of aromatic nitrogens is 2. The number of piperazine rings is 1. The number of carbonyl (C=O) groups excluding carboxylic acids is 1. The summed E-state index contributed by atoms with van der Waals surface area (Å²) in [6.07, 6.45) is 5.23. The monoisotopic (exact) mass is 362 g/mol. The van der Waals surface area contributed by atoms with E-state index in [4.69, 9.17) is 0 Å². The summed E-state index contributed by atoms with van der Waals surface area (Å²) in [7, 11) is 0.